The van der Waals surface area contributed by atoms with Crippen molar-refractivity contribution in [2.75, 3.05) is 19.6 Å². The van der Waals surface area contributed by atoms with Crippen molar-refractivity contribution in [2.45, 2.75) is 32.4 Å². The molecular weight excluding hydrogens is 302 g/mol. The lowest BCUT2D eigenvalue weighted by Gasteiger charge is -2.36. The minimum atomic E-state index is -0.0295. The first-order valence-corrected chi connectivity index (χ1v) is 8.75. The molecule has 2 aliphatic rings. The fourth-order valence-electron chi connectivity index (χ4n) is 3.67. The van der Waals surface area contributed by atoms with Crippen LogP contribution in [-0.2, 0) is 11.3 Å². The first kappa shape index (κ1) is 15.3. The van der Waals surface area contributed by atoms with E-state index in [1.165, 1.54) is 0 Å². The smallest absolute Gasteiger partial charge is 0.227 e. The summed E-state index contributed by atoms with van der Waals surface area (Å²) >= 11 is 0. The lowest BCUT2D eigenvalue weighted by molar-refractivity contribution is -0.139. The second-order valence-corrected chi connectivity index (χ2v) is 6.63. The number of fused-ring (bicyclic) bond motifs is 1. The van der Waals surface area contributed by atoms with Gasteiger partial charge >= 0.3 is 0 Å². The molecule has 126 valence electrons. The van der Waals surface area contributed by atoms with Gasteiger partial charge in [0.25, 0.3) is 0 Å². The highest BCUT2D eigenvalue weighted by atomic mass is 16.2. The van der Waals surface area contributed by atoms with Gasteiger partial charge in [0, 0.05) is 18.7 Å². The molecule has 1 aromatic carbocycles. The minimum Gasteiger partial charge on any atom is -0.331 e. The molecule has 0 unspecified atom stereocenters. The second-order valence-electron chi connectivity index (χ2n) is 6.63. The Bertz CT molecular complexity index is 720. The number of carbonyl (C=O) groups excluding carboxylic acids is 1. The van der Waals surface area contributed by atoms with Crippen LogP contribution in [0.4, 0.5) is 0 Å². The zero-order chi connectivity index (χ0) is 16.5. The van der Waals surface area contributed by atoms with E-state index in [2.05, 4.69) is 17.3 Å². The molecule has 0 aliphatic carbocycles. The molecule has 1 amide bonds. The van der Waals surface area contributed by atoms with E-state index in [0.717, 1.165) is 43.1 Å². The summed E-state index contributed by atoms with van der Waals surface area (Å²) in [5.74, 6) is 1.98. The van der Waals surface area contributed by atoms with Crippen LogP contribution in [0.3, 0.4) is 0 Å². The van der Waals surface area contributed by atoms with Crippen molar-refractivity contribution in [2.24, 2.45) is 5.92 Å². The third kappa shape index (κ3) is 2.71. The van der Waals surface area contributed by atoms with Gasteiger partial charge in [-0.1, -0.05) is 30.3 Å². The highest BCUT2D eigenvalue weighted by Crippen LogP contribution is 2.28. The predicted molar refractivity (Wildman–Crippen MR) is 91.2 cm³/mol. The van der Waals surface area contributed by atoms with E-state index in [1.54, 1.807) is 0 Å². The molecule has 1 fully saturated rings. The maximum absolute atomic E-state index is 12.9. The Hall–Kier alpha value is -2.21. The molecule has 0 radical (unpaired) electrons. The Morgan fingerprint density at radius 1 is 1.25 bits per heavy atom. The molecule has 6 heteroatoms. The van der Waals surface area contributed by atoms with Crippen molar-refractivity contribution in [1.82, 2.24) is 25.0 Å². The lowest BCUT2D eigenvalue weighted by atomic mass is 9.97. The quantitative estimate of drug-likeness (QED) is 0.915. The molecule has 6 nitrogen and oxygen atoms in total. The number of nitrogens with one attached hydrogen (secondary N) is 1. The summed E-state index contributed by atoms with van der Waals surface area (Å²) in [6.07, 6.45) is 2.06. The summed E-state index contributed by atoms with van der Waals surface area (Å²) in [5, 5.41) is 7.97. The number of hydrogen-bond acceptors (Lipinski definition) is 4. The minimum absolute atomic E-state index is 0.0295. The molecule has 0 saturated carbocycles. The summed E-state index contributed by atoms with van der Waals surface area (Å²) in [4.78, 5) is 19.6. The molecule has 3 heterocycles. The predicted octanol–water partition coefficient (Wildman–Crippen LogP) is 1.85. The highest BCUT2D eigenvalue weighted by Gasteiger charge is 2.34. The Morgan fingerprint density at radius 3 is 2.83 bits per heavy atom. The number of piperidine rings is 1. The molecule has 0 spiro atoms. The van der Waals surface area contributed by atoms with E-state index in [9.17, 15) is 4.79 Å². The van der Waals surface area contributed by atoms with Gasteiger partial charge < -0.3 is 10.2 Å². The van der Waals surface area contributed by atoms with Crippen LogP contribution < -0.4 is 5.32 Å². The summed E-state index contributed by atoms with van der Waals surface area (Å²) < 4.78 is 1.95. The van der Waals surface area contributed by atoms with Gasteiger partial charge in [-0.2, -0.15) is 5.10 Å². The number of carbonyl (C=O) groups is 1. The number of benzene rings is 1. The number of nitrogens with zero attached hydrogens (tertiary/aromatic N) is 4. The van der Waals surface area contributed by atoms with Gasteiger partial charge in [-0.15, -0.1) is 0 Å². The average molecular weight is 325 g/mol. The average Bonchev–Trinajstić information content (AvgIpc) is 3.08. The molecule has 1 saturated heterocycles. The Balaban J connectivity index is 1.57. The van der Waals surface area contributed by atoms with E-state index >= 15 is 0 Å². The number of amides is 1. The molecule has 1 N–H and O–H groups in total. The van der Waals surface area contributed by atoms with Crippen molar-refractivity contribution in [3.8, 4) is 11.4 Å². The Labute approximate surface area is 141 Å². The SMILES string of the molecule is C[C@H]1c2nc(-c3ccccc3)nn2CCN1C(=O)[C@@H]1CCCNC1. The lowest BCUT2D eigenvalue weighted by Crippen LogP contribution is -2.47. The number of hydrogen-bond donors (Lipinski definition) is 1. The monoisotopic (exact) mass is 325 g/mol. The third-order valence-electron chi connectivity index (χ3n) is 5.06. The molecule has 1 aromatic heterocycles. The highest BCUT2D eigenvalue weighted by molar-refractivity contribution is 5.79. The van der Waals surface area contributed by atoms with Crippen molar-refractivity contribution >= 4 is 5.91 Å². The van der Waals surface area contributed by atoms with Crippen LogP contribution in [0.1, 0.15) is 31.6 Å². The van der Waals surface area contributed by atoms with Crippen LogP contribution in [0.5, 0.6) is 0 Å². The van der Waals surface area contributed by atoms with Crippen LogP contribution >= 0.6 is 0 Å². The van der Waals surface area contributed by atoms with Gasteiger partial charge in [0.1, 0.15) is 5.82 Å². The molecule has 2 atom stereocenters. The van der Waals surface area contributed by atoms with Gasteiger partial charge in [-0.25, -0.2) is 9.67 Å². The number of aromatic nitrogens is 3. The van der Waals surface area contributed by atoms with Crippen LogP contribution in [0.15, 0.2) is 30.3 Å². The Morgan fingerprint density at radius 2 is 2.08 bits per heavy atom. The van der Waals surface area contributed by atoms with Crippen molar-refractivity contribution in [3.05, 3.63) is 36.2 Å². The normalized spacial score (nSPS) is 23.8. The van der Waals surface area contributed by atoms with Gasteiger partial charge in [0.15, 0.2) is 5.82 Å². The van der Waals surface area contributed by atoms with Crippen LogP contribution in [0, 0.1) is 5.92 Å². The van der Waals surface area contributed by atoms with Gasteiger partial charge in [0.05, 0.1) is 18.5 Å². The van der Waals surface area contributed by atoms with Crippen molar-refractivity contribution in [3.63, 3.8) is 0 Å². The zero-order valence-electron chi connectivity index (χ0n) is 14.0. The van der Waals surface area contributed by atoms with E-state index in [0.29, 0.717) is 13.1 Å². The van der Waals surface area contributed by atoms with Gasteiger partial charge in [-0.05, 0) is 26.3 Å². The standard InChI is InChI=1S/C18H23N5O/c1-13-17-20-16(14-6-3-2-4-7-14)21-23(17)11-10-22(13)18(24)15-8-5-9-19-12-15/h2-4,6-7,13,15,19H,5,8-12H2,1H3/t13-,15+/m0/s1. The molecule has 0 bridgehead atoms. The zero-order valence-corrected chi connectivity index (χ0v) is 14.0. The van der Waals surface area contributed by atoms with E-state index in [4.69, 9.17) is 4.98 Å². The second kappa shape index (κ2) is 6.36. The summed E-state index contributed by atoms with van der Waals surface area (Å²) in [6.45, 7) is 5.30. The Kier molecular flexibility index (Phi) is 4.06. The largest absolute Gasteiger partial charge is 0.331 e. The topological polar surface area (TPSA) is 63.1 Å². The van der Waals surface area contributed by atoms with E-state index in [1.807, 2.05) is 39.9 Å². The maximum Gasteiger partial charge on any atom is 0.227 e. The molecular formula is C18H23N5O. The first-order valence-electron chi connectivity index (χ1n) is 8.75. The summed E-state index contributed by atoms with van der Waals surface area (Å²) in [6, 6.07) is 9.97. The molecule has 4 rings (SSSR count). The molecule has 2 aromatic rings. The van der Waals surface area contributed by atoms with Crippen molar-refractivity contribution < 1.29 is 4.79 Å². The summed E-state index contributed by atoms with van der Waals surface area (Å²) in [5.41, 5.74) is 1.01. The van der Waals surface area contributed by atoms with Crippen LogP contribution in [-0.4, -0.2) is 45.2 Å². The summed E-state index contributed by atoms with van der Waals surface area (Å²) in [7, 11) is 0. The number of rotatable bonds is 2. The maximum atomic E-state index is 12.9. The van der Waals surface area contributed by atoms with Gasteiger partial charge in [0.2, 0.25) is 5.91 Å². The van der Waals surface area contributed by atoms with Crippen molar-refractivity contribution in [1.29, 1.82) is 0 Å². The van der Waals surface area contributed by atoms with Crippen LogP contribution in [0.25, 0.3) is 11.4 Å². The van der Waals surface area contributed by atoms with Gasteiger partial charge in [-0.3, -0.25) is 4.79 Å². The third-order valence-corrected chi connectivity index (χ3v) is 5.06. The van der Waals surface area contributed by atoms with E-state index < -0.39 is 0 Å². The fourth-order valence-corrected chi connectivity index (χ4v) is 3.67. The molecule has 2 aliphatic heterocycles. The van der Waals surface area contributed by atoms with Crippen LogP contribution in [0.2, 0.25) is 0 Å². The molecule has 24 heavy (non-hydrogen) atoms. The fraction of sp³-hybridized carbons (Fsp3) is 0.500. The first-order chi connectivity index (χ1) is 11.7. The van der Waals surface area contributed by atoms with E-state index in [-0.39, 0.29) is 17.9 Å².